The minimum Gasteiger partial charge on any atom is -0.286 e. The van der Waals surface area contributed by atoms with E-state index >= 15 is 0 Å². The van der Waals surface area contributed by atoms with Crippen molar-refractivity contribution in [3.05, 3.63) is 51.9 Å². The summed E-state index contributed by atoms with van der Waals surface area (Å²) in [5.74, 6) is -0.871. The molecule has 1 aromatic rings. The largest absolute Gasteiger partial charge is 0.286 e. The van der Waals surface area contributed by atoms with Crippen LogP contribution in [0.25, 0.3) is 16.5 Å². The van der Waals surface area contributed by atoms with Crippen LogP contribution >= 0.6 is 0 Å². The number of hydrogen-bond donors (Lipinski definition) is 0. The van der Waals surface area contributed by atoms with E-state index in [2.05, 4.69) is 10.0 Å². The van der Waals surface area contributed by atoms with Gasteiger partial charge in [-0.15, -0.1) is 0 Å². The van der Waals surface area contributed by atoms with Crippen molar-refractivity contribution >= 4 is 12.0 Å². The van der Waals surface area contributed by atoms with Crippen LogP contribution < -0.4 is 0 Å². The average Bonchev–Trinajstić information content (AvgIpc) is 2.27. The molecule has 0 radical (unpaired) electrons. The van der Waals surface area contributed by atoms with Gasteiger partial charge in [-0.25, -0.2) is 0 Å². The smallest absolute Gasteiger partial charge is 0.259 e. The second-order valence-electron chi connectivity index (χ2n) is 2.58. The van der Waals surface area contributed by atoms with Crippen LogP contribution in [-0.2, 0) is 4.79 Å². The second-order valence-corrected chi connectivity index (χ2v) is 2.58. The summed E-state index contributed by atoms with van der Waals surface area (Å²) in [5.41, 5.74) is 8.57. The van der Waals surface area contributed by atoms with Crippen LogP contribution in [0.3, 0.4) is 0 Å². The Morgan fingerprint density at radius 3 is 2.67 bits per heavy atom. The van der Waals surface area contributed by atoms with Gasteiger partial charge >= 0.3 is 0 Å². The van der Waals surface area contributed by atoms with E-state index in [0.29, 0.717) is 5.56 Å². The van der Waals surface area contributed by atoms with E-state index < -0.39 is 5.91 Å². The molecule has 0 aliphatic rings. The van der Waals surface area contributed by atoms with Gasteiger partial charge < -0.3 is 0 Å². The highest BCUT2D eigenvalue weighted by atomic mass is 16.1. The lowest BCUT2D eigenvalue weighted by atomic mass is 10.1. The Morgan fingerprint density at radius 2 is 2.13 bits per heavy atom. The summed E-state index contributed by atoms with van der Waals surface area (Å²) in [6.07, 6.45) is 1.37. The molecule has 0 saturated carbocycles. The zero-order valence-electron chi connectivity index (χ0n) is 7.66. The Balaban J connectivity index is 3.04. The zero-order chi connectivity index (χ0) is 11.1. The summed E-state index contributed by atoms with van der Waals surface area (Å²) in [6.45, 7) is 0. The molecule has 0 unspecified atom stereocenters. The lowest BCUT2D eigenvalue weighted by Gasteiger charge is -1.92. The topological polar surface area (TPSA) is 89.6 Å². The molecule has 0 saturated heterocycles. The third-order valence-corrected chi connectivity index (χ3v) is 1.60. The van der Waals surface area contributed by atoms with Gasteiger partial charge in [0.05, 0.1) is 0 Å². The van der Waals surface area contributed by atoms with Crippen molar-refractivity contribution in [3.8, 4) is 6.07 Å². The van der Waals surface area contributed by atoms with Crippen LogP contribution in [0.5, 0.6) is 0 Å². The summed E-state index contributed by atoms with van der Waals surface area (Å²) in [5, 5.41) is 11.5. The average molecular weight is 198 g/mol. The summed E-state index contributed by atoms with van der Waals surface area (Å²) < 4.78 is 0. The second kappa shape index (κ2) is 5.22. The zero-order valence-corrected chi connectivity index (χ0v) is 7.66. The van der Waals surface area contributed by atoms with Gasteiger partial charge in [-0.2, -0.15) is 5.26 Å². The Bertz CT molecular complexity index is 478. The van der Waals surface area contributed by atoms with E-state index in [-0.39, 0.29) is 5.57 Å². The van der Waals surface area contributed by atoms with Crippen molar-refractivity contribution in [3.63, 3.8) is 0 Å². The van der Waals surface area contributed by atoms with Crippen LogP contribution in [0.2, 0.25) is 0 Å². The van der Waals surface area contributed by atoms with Crippen molar-refractivity contribution in [2.75, 3.05) is 0 Å². The minimum absolute atomic E-state index is 0.181. The van der Waals surface area contributed by atoms with Crippen LogP contribution in [-0.4, -0.2) is 5.91 Å². The molecule has 0 aliphatic carbocycles. The number of amides is 1. The summed E-state index contributed by atoms with van der Waals surface area (Å²) in [7, 11) is 0. The van der Waals surface area contributed by atoms with E-state index in [1.165, 1.54) is 6.08 Å². The third kappa shape index (κ3) is 2.99. The number of azide groups is 1. The molecule has 1 rings (SSSR count). The molecule has 0 aromatic heterocycles. The number of nitrogens with zero attached hydrogens (tertiary/aromatic N) is 4. The number of rotatable bonds is 2. The fourth-order valence-electron chi connectivity index (χ4n) is 0.952. The minimum atomic E-state index is -0.871. The van der Waals surface area contributed by atoms with Gasteiger partial charge in [-0.3, -0.25) is 4.79 Å². The molecule has 0 bridgehead atoms. The lowest BCUT2D eigenvalue weighted by Crippen LogP contribution is -1.94. The van der Waals surface area contributed by atoms with Crippen LogP contribution in [0.1, 0.15) is 5.56 Å². The standard InChI is InChI=1S/C10H6N4O/c11-7-9(10(15)13-14-12)6-8-4-2-1-3-5-8/h1-6H. The Morgan fingerprint density at radius 1 is 1.47 bits per heavy atom. The van der Waals surface area contributed by atoms with E-state index in [4.69, 9.17) is 10.8 Å². The van der Waals surface area contributed by atoms with E-state index in [0.717, 1.165) is 0 Å². The first-order chi connectivity index (χ1) is 7.27. The van der Waals surface area contributed by atoms with Gasteiger partial charge in [0.1, 0.15) is 11.6 Å². The fraction of sp³-hybridized carbons (Fsp3) is 0. The third-order valence-electron chi connectivity index (χ3n) is 1.60. The highest BCUT2D eigenvalue weighted by Gasteiger charge is 2.05. The van der Waals surface area contributed by atoms with Gasteiger partial charge in [0.15, 0.2) is 0 Å². The van der Waals surface area contributed by atoms with Crippen molar-refractivity contribution in [1.82, 2.24) is 0 Å². The molecule has 72 valence electrons. The number of benzene rings is 1. The monoisotopic (exact) mass is 198 g/mol. The lowest BCUT2D eigenvalue weighted by molar-refractivity contribution is -0.114. The maximum Gasteiger partial charge on any atom is 0.259 e. The predicted molar refractivity (Wildman–Crippen MR) is 54.2 cm³/mol. The van der Waals surface area contributed by atoms with E-state index in [1.54, 1.807) is 30.3 Å². The van der Waals surface area contributed by atoms with Crippen molar-refractivity contribution in [2.24, 2.45) is 5.11 Å². The molecule has 5 heteroatoms. The van der Waals surface area contributed by atoms with Crippen molar-refractivity contribution < 1.29 is 4.79 Å². The highest BCUT2D eigenvalue weighted by Crippen LogP contribution is 2.07. The summed E-state index contributed by atoms with van der Waals surface area (Å²) in [4.78, 5) is 13.4. The van der Waals surface area contributed by atoms with Crippen molar-refractivity contribution in [2.45, 2.75) is 0 Å². The molecule has 0 fully saturated rings. The molecular formula is C10H6N4O. The molecule has 5 nitrogen and oxygen atoms in total. The number of carbonyl (C=O) groups excluding carboxylic acids is 1. The Hall–Kier alpha value is -2.57. The van der Waals surface area contributed by atoms with Crippen molar-refractivity contribution in [1.29, 1.82) is 5.26 Å². The van der Waals surface area contributed by atoms with Gasteiger partial charge in [0.2, 0.25) is 0 Å². The molecule has 0 heterocycles. The molecule has 0 atom stereocenters. The molecular weight excluding hydrogens is 192 g/mol. The number of carbonyl (C=O) groups is 1. The van der Waals surface area contributed by atoms with Crippen LogP contribution in [0.15, 0.2) is 41.0 Å². The molecule has 1 amide bonds. The van der Waals surface area contributed by atoms with Gasteiger partial charge in [0.25, 0.3) is 5.91 Å². The first kappa shape index (κ1) is 10.5. The molecule has 15 heavy (non-hydrogen) atoms. The van der Waals surface area contributed by atoms with Crippen LogP contribution in [0, 0.1) is 11.3 Å². The maximum atomic E-state index is 11.1. The number of hydrogen-bond acceptors (Lipinski definition) is 2. The Kier molecular flexibility index (Phi) is 3.66. The highest BCUT2D eigenvalue weighted by molar-refractivity contribution is 6.02. The SMILES string of the molecule is N#CC(=Cc1ccccc1)C(=O)N=[N+]=[N-]. The maximum absolute atomic E-state index is 11.1. The summed E-state index contributed by atoms with van der Waals surface area (Å²) in [6, 6.07) is 10.5. The van der Waals surface area contributed by atoms with Gasteiger partial charge in [-0.1, -0.05) is 30.3 Å². The Labute approximate surface area is 85.9 Å². The quantitative estimate of drug-likeness (QED) is 0.240. The molecule has 0 spiro atoms. The van der Waals surface area contributed by atoms with E-state index in [1.807, 2.05) is 6.07 Å². The first-order valence-corrected chi connectivity index (χ1v) is 4.04. The number of nitriles is 1. The molecule has 0 N–H and O–H groups in total. The van der Waals surface area contributed by atoms with Crippen LogP contribution in [0.4, 0.5) is 0 Å². The summed E-state index contributed by atoms with van der Waals surface area (Å²) >= 11 is 0. The predicted octanol–water partition coefficient (Wildman–Crippen LogP) is 2.43. The molecule has 0 aliphatic heterocycles. The molecule has 1 aromatic carbocycles. The van der Waals surface area contributed by atoms with Gasteiger partial charge in [0, 0.05) is 4.91 Å². The normalized spacial score (nSPS) is 9.93. The fourth-order valence-corrected chi connectivity index (χ4v) is 0.952. The van der Waals surface area contributed by atoms with Gasteiger partial charge in [-0.05, 0) is 22.3 Å². The van der Waals surface area contributed by atoms with E-state index in [9.17, 15) is 4.79 Å². The first-order valence-electron chi connectivity index (χ1n) is 4.04.